The number of nitrogens with zero attached hydrogens (tertiary/aromatic N) is 4. The molecule has 2 fully saturated rings. The number of alkyl halides is 3. The molecule has 35 heavy (non-hydrogen) atoms. The summed E-state index contributed by atoms with van der Waals surface area (Å²) >= 11 is 0. The van der Waals surface area contributed by atoms with Gasteiger partial charge in [-0.05, 0) is 43.9 Å². The number of rotatable bonds is 5. The molecule has 9 nitrogen and oxygen atoms in total. The summed E-state index contributed by atoms with van der Waals surface area (Å²) < 4.78 is 40.1. The fourth-order valence-corrected chi connectivity index (χ4v) is 4.06. The first-order valence-corrected chi connectivity index (χ1v) is 11.4. The number of nitrogens with one attached hydrogen (secondary N) is 2. The van der Waals surface area contributed by atoms with Crippen molar-refractivity contribution >= 4 is 29.1 Å². The molecule has 0 bridgehead atoms. The third-order valence-corrected chi connectivity index (χ3v) is 6.40. The maximum Gasteiger partial charge on any atom is 0.417 e. The molecule has 3 amide bonds. The lowest BCUT2D eigenvalue weighted by Gasteiger charge is -2.37. The van der Waals surface area contributed by atoms with Crippen molar-refractivity contribution in [2.24, 2.45) is 13.0 Å². The fourth-order valence-electron chi connectivity index (χ4n) is 4.06. The van der Waals surface area contributed by atoms with E-state index in [1.54, 1.807) is 19.3 Å². The molecular formula is C23H27F3N6O3. The van der Waals surface area contributed by atoms with Crippen molar-refractivity contribution in [1.29, 1.82) is 0 Å². The zero-order valence-corrected chi connectivity index (χ0v) is 19.4. The molecule has 2 aromatic heterocycles. The second-order valence-corrected chi connectivity index (χ2v) is 8.98. The quantitative estimate of drug-likeness (QED) is 0.668. The van der Waals surface area contributed by atoms with Gasteiger partial charge in [0.15, 0.2) is 0 Å². The van der Waals surface area contributed by atoms with Gasteiger partial charge in [0.2, 0.25) is 5.91 Å². The first kappa shape index (κ1) is 24.6. The molecule has 0 radical (unpaired) electrons. The highest BCUT2D eigenvalue weighted by molar-refractivity contribution is 5.93. The number of aryl methyl sites for hydroxylation is 1. The van der Waals surface area contributed by atoms with Gasteiger partial charge in [-0.25, -0.2) is 9.78 Å². The lowest BCUT2D eigenvalue weighted by Crippen LogP contribution is -2.47. The minimum absolute atomic E-state index is 0.00429. The van der Waals surface area contributed by atoms with E-state index < -0.39 is 29.0 Å². The van der Waals surface area contributed by atoms with Gasteiger partial charge in [-0.3, -0.25) is 9.59 Å². The second-order valence-electron chi connectivity index (χ2n) is 8.98. The van der Waals surface area contributed by atoms with Crippen molar-refractivity contribution in [2.75, 3.05) is 35.7 Å². The van der Waals surface area contributed by atoms with Crippen LogP contribution in [0.3, 0.4) is 0 Å². The van der Waals surface area contributed by atoms with Crippen LogP contribution in [0.2, 0.25) is 0 Å². The maximum absolute atomic E-state index is 13.1. The van der Waals surface area contributed by atoms with Crippen molar-refractivity contribution in [3.8, 4) is 0 Å². The summed E-state index contributed by atoms with van der Waals surface area (Å²) in [7, 11) is 2.77. The van der Waals surface area contributed by atoms with E-state index in [0.717, 1.165) is 23.1 Å². The number of carbonyl (C=O) groups excluding carboxylic acids is 2. The Morgan fingerprint density at radius 3 is 2.37 bits per heavy atom. The van der Waals surface area contributed by atoms with E-state index in [9.17, 15) is 27.6 Å². The number of hydrogen-bond acceptors (Lipinski definition) is 5. The Bertz CT molecular complexity index is 1150. The zero-order chi connectivity index (χ0) is 25.3. The van der Waals surface area contributed by atoms with Gasteiger partial charge in [-0.15, -0.1) is 0 Å². The Morgan fingerprint density at radius 2 is 1.80 bits per heavy atom. The lowest BCUT2D eigenvalue weighted by atomic mass is 10.0. The molecule has 0 unspecified atom stereocenters. The molecule has 4 rings (SSSR count). The van der Waals surface area contributed by atoms with Crippen LogP contribution < -0.4 is 21.1 Å². The first-order chi connectivity index (χ1) is 16.5. The summed E-state index contributed by atoms with van der Waals surface area (Å²) in [6.45, 7) is 1.28. The molecule has 2 aliphatic rings. The summed E-state index contributed by atoms with van der Waals surface area (Å²) in [4.78, 5) is 44.6. The third-order valence-electron chi connectivity index (χ3n) is 6.40. The van der Waals surface area contributed by atoms with Gasteiger partial charge in [0.05, 0.1) is 17.4 Å². The highest BCUT2D eigenvalue weighted by Crippen LogP contribution is 2.31. The lowest BCUT2D eigenvalue weighted by molar-refractivity contribution is -0.138. The third kappa shape index (κ3) is 5.75. The van der Waals surface area contributed by atoms with Crippen LogP contribution in [0.25, 0.3) is 0 Å². The maximum atomic E-state index is 13.1. The number of anilines is 3. The molecule has 1 saturated heterocycles. The highest BCUT2D eigenvalue weighted by atomic mass is 19.4. The predicted octanol–water partition coefficient (Wildman–Crippen LogP) is 3.28. The number of aromatic nitrogens is 2. The standard InChI is InChI=1S/C23H27F3N6O3/c1-30-13-15(23(24,25)26)11-18(21(30)34)28-22(35)31(2)16-7-9-32(10-8-16)17-5-6-19(27-12-17)29-20(33)14-3-4-14/h5-6,11-14,16H,3-4,7-10H2,1-2H3,(H,28,35)(H,27,29,33). The Balaban J connectivity index is 1.33. The van der Waals surface area contributed by atoms with E-state index >= 15 is 0 Å². The van der Waals surface area contributed by atoms with E-state index in [0.29, 0.717) is 44.0 Å². The van der Waals surface area contributed by atoms with Crippen molar-refractivity contribution < 1.29 is 22.8 Å². The zero-order valence-electron chi connectivity index (χ0n) is 19.4. The number of hydrogen-bond donors (Lipinski definition) is 2. The van der Waals surface area contributed by atoms with Crippen LogP contribution in [0, 0.1) is 5.92 Å². The normalized spacial score (nSPS) is 16.7. The molecule has 2 aromatic rings. The van der Waals surface area contributed by atoms with Gasteiger partial charge in [-0.1, -0.05) is 0 Å². The number of urea groups is 1. The van der Waals surface area contributed by atoms with E-state index in [1.807, 2.05) is 6.07 Å². The molecule has 1 aliphatic carbocycles. The summed E-state index contributed by atoms with van der Waals surface area (Å²) in [5.41, 5.74) is -1.26. The van der Waals surface area contributed by atoms with Crippen LogP contribution in [0.1, 0.15) is 31.2 Å². The van der Waals surface area contributed by atoms with Crippen molar-refractivity contribution in [3.05, 3.63) is 46.5 Å². The average Bonchev–Trinajstić information content (AvgIpc) is 3.67. The molecule has 1 aliphatic heterocycles. The van der Waals surface area contributed by atoms with Crippen molar-refractivity contribution in [3.63, 3.8) is 0 Å². The predicted molar refractivity (Wildman–Crippen MR) is 124 cm³/mol. The number of carbonyl (C=O) groups is 2. The molecule has 12 heteroatoms. The van der Waals surface area contributed by atoms with E-state index in [4.69, 9.17) is 0 Å². The van der Waals surface area contributed by atoms with Gasteiger partial charge in [-0.2, -0.15) is 13.2 Å². The summed E-state index contributed by atoms with van der Waals surface area (Å²) in [5, 5.41) is 5.13. The van der Waals surface area contributed by atoms with E-state index in [2.05, 4.69) is 20.5 Å². The van der Waals surface area contributed by atoms with Crippen LogP contribution in [0.4, 0.5) is 35.2 Å². The van der Waals surface area contributed by atoms with Gasteiger partial charge >= 0.3 is 12.2 Å². The van der Waals surface area contributed by atoms with Gasteiger partial charge in [0, 0.05) is 45.3 Å². The largest absolute Gasteiger partial charge is 0.417 e. The SMILES string of the molecule is CN(C(=O)Nc1cc(C(F)(F)F)cn(C)c1=O)C1CCN(c2ccc(NC(=O)C3CC3)nc2)CC1. The van der Waals surface area contributed by atoms with Crippen LogP contribution in [-0.2, 0) is 18.0 Å². The van der Waals surface area contributed by atoms with Crippen molar-refractivity contribution in [2.45, 2.75) is 37.9 Å². The Labute approximate surface area is 199 Å². The number of halogens is 3. The van der Waals surface area contributed by atoms with Gasteiger partial charge < -0.3 is 25.0 Å². The van der Waals surface area contributed by atoms with Crippen LogP contribution >= 0.6 is 0 Å². The molecule has 0 atom stereocenters. The molecule has 0 spiro atoms. The highest BCUT2D eigenvalue weighted by Gasteiger charge is 2.33. The molecule has 1 saturated carbocycles. The molecule has 188 valence electrons. The van der Waals surface area contributed by atoms with Crippen molar-refractivity contribution in [1.82, 2.24) is 14.5 Å². The van der Waals surface area contributed by atoms with E-state index in [1.165, 1.54) is 11.9 Å². The first-order valence-electron chi connectivity index (χ1n) is 11.4. The minimum atomic E-state index is -4.64. The number of amides is 3. The minimum Gasteiger partial charge on any atom is -0.370 e. The Hall–Kier alpha value is -3.57. The number of pyridine rings is 2. The summed E-state index contributed by atoms with van der Waals surface area (Å²) in [5.74, 6) is 0.606. The Morgan fingerprint density at radius 1 is 1.11 bits per heavy atom. The second kappa shape index (κ2) is 9.59. The van der Waals surface area contributed by atoms with Crippen LogP contribution in [0.5, 0.6) is 0 Å². The topological polar surface area (TPSA) is 99.6 Å². The average molecular weight is 493 g/mol. The molecule has 2 N–H and O–H groups in total. The van der Waals surface area contributed by atoms with Gasteiger partial charge in [0.25, 0.3) is 5.56 Å². The van der Waals surface area contributed by atoms with Crippen LogP contribution in [-0.4, -0.2) is 52.6 Å². The fraction of sp³-hybridized carbons (Fsp3) is 0.478. The summed E-state index contributed by atoms with van der Waals surface area (Å²) in [6, 6.07) is 3.51. The number of piperidine rings is 1. The Kier molecular flexibility index (Phi) is 6.73. The van der Waals surface area contributed by atoms with E-state index in [-0.39, 0.29) is 17.9 Å². The summed E-state index contributed by atoms with van der Waals surface area (Å²) in [6.07, 6.45) is 0.849. The van der Waals surface area contributed by atoms with Crippen LogP contribution in [0.15, 0.2) is 35.4 Å². The monoisotopic (exact) mass is 492 g/mol. The van der Waals surface area contributed by atoms with Gasteiger partial charge in [0.1, 0.15) is 11.5 Å². The molecule has 3 heterocycles. The molecule has 0 aromatic carbocycles. The smallest absolute Gasteiger partial charge is 0.370 e. The molecular weight excluding hydrogens is 465 g/mol.